The summed E-state index contributed by atoms with van der Waals surface area (Å²) in [6, 6.07) is 26.5. The highest BCUT2D eigenvalue weighted by Crippen LogP contribution is 2.36. The van der Waals surface area contributed by atoms with Crippen molar-refractivity contribution in [2.24, 2.45) is 7.05 Å². The Morgan fingerprint density at radius 1 is 0.870 bits per heavy atom. The highest BCUT2D eigenvalue weighted by Gasteiger charge is 2.45. The van der Waals surface area contributed by atoms with E-state index in [0.29, 0.717) is 6.61 Å². The van der Waals surface area contributed by atoms with Crippen LogP contribution in [0.5, 0.6) is 11.5 Å². The maximum Gasteiger partial charge on any atom is 0.262 e. The van der Waals surface area contributed by atoms with E-state index < -0.39 is 29.7 Å². The normalized spacial score (nSPS) is 19.6. The minimum atomic E-state index is -0.986. The molecule has 2 fully saturated rings. The molecule has 8 rings (SSSR count). The van der Waals surface area contributed by atoms with Gasteiger partial charge in [-0.3, -0.25) is 34.1 Å². The molecule has 1 saturated heterocycles. The van der Waals surface area contributed by atoms with E-state index in [1.807, 2.05) is 55.7 Å². The van der Waals surface area contributed by atoms with Crippen LogP contribution in [0.25, 0.3) is 11.3 Å². The topological polar surface area (TPSA) is 145 Å². The standard InChI is InChI=1S/C42H40N6O6/c1-42(2,26-7-12-31(13-8-26)53-24-29-5-4-6-36(45-29)25-22-43-47(3)23-25)27-9-14-32(15-10-27)54-33-19-30(20-33)44-28-11-16-34-35(21-28)41(52)48(40(34)51)37-17-18-38(49)46-39(37)50/h4-16,21-23,30,33,37,44H,17-20,24H2,1-3H3,(H,46,49,50)/t30-,33-,37?. The third-order valence-electron chi connectivity index (χ3n) is 10.6. The smallest absolute Gasteiger partial charge is 0.262 e. The molecule has 54 heavy (non-hydrogen) atoms. The first-order valence-corrected chi connectivity index (χ1v) is 18.1. The van der Waals surface area contributed by atoms with Crippen LogP contribution in [0.15, 0.2) is 97.3 Å². The third-order valence-corrected chi connectivity index (χ3v) is 10.6. The van der Waals surface area contributed by atoms with E-state index in [9.17, 15) is 19.2 Å². The van der Waals surface area contributed by atoms with Crippen molar-refractivity contribution in [3.63, 3.8) is 0 Å². The molecule has 3 aromatic carbocycles. The molecule has 1 unspecified atom stereocenters. The minimum Gasteiger partial charge on any atom is -0.490 e. The van der Waals surface area contributed by atoms with Crippen LogP contribution in [0.1, 0.15) is 77.1 Å². The van der Waals surface area contributed by atoms with Crippen LogP contribution >= 0.6 is 0 Å². The van der Waals surface area contributed by atoms with Crippen molar-refractivity contribution < 1.29 is 28.7 Å². The number of hydrogen-bond acceptors (Lipinski definition) is 9. The number of benzene rings is 3. The van der Waals surface area contributed by atoms with Gasteiger partial charge in [0, 0.05) is 55.2 Å². The molecule has 1 atom stereocenters. The van der Waals surface area contributed by atoms with Gasteiger partial charge in [0.05, 0.1) is 28.7 Å². The highest BCUT2D eigenvalue weighted by atomic mass is 16.5. The summed E-state index contributed by atoms with van der Waals surface area (Å²) in [6.07, 6.45) is 5.55. The lowest BCUT2D eigenvalue weighted by Crippen LogP contribution is -2.54. The van der Waals surface area contributed by atoms with Crippen LogP contribution < -0.4 is 20.1 Å². The summed E-state index contributed by atoms with van der Waals surface area (Å²) in [4.78, 5) is 55.8. The van der Waals surface area contributed by atoms with Gasteiger partial charge in [-0.25, -0.2) is 4.98 Å². The van der Waals surface area contributed by atoms with E-state index in [1.165, 1.54) is 0 Å². The fourth-order valence-electron chi connectivity index (χ4n) is 7.28. The Balaban J connectivity index is 0.822. The molecule has 1 saturated carbocycles. The first-order valence-electron chi connectivity index (χ1n) is 18.1. The second kappa shape index (κ2) is 13.9. The van der Waals surface area contributed by atoms with Crippen LogP contribution in [0.4, 0.5) is 5.69 Å². The molecule has 4 heterocycles. The van der Waals surface area contributed by atoms with Gasteiger partial charge in [0.2, 0.25) is 11.8 Å². The van der Waals surface area contributed by atoms with Crippen molar-refractivity contribution in [3.8, 4) is 22.8 Å². The number of carbonyl (C=O) groups excluding carboxylic acids is 4. The van der Waals surface area contributed by atoms with E-state index in [-0.39, 0.29) is 41.5 Å². The van der Waals surface area contributed by atoms with Crippen molar-refractivity contribution >= 4 is 29.3 Å². The third kappa shape index (κ3) is 6.82. The van der Waals surface area contributed by atoms with E-state index in [0.717, 1.165) is 63.0 Å². The fraction of sp³-hybridized carbons (Fsp3) is 0.286. The molecule has 0 radical (unpaired) electrons. The number of pyridine rings is 1. The number of imide groups is 2. The van der Waals surface area contributed by atoms with Gasteiger partial charge in [-0.2, -0.15) is 5.10 Å². The van der Waals surface area contributed by atoms with Gasteiger partial charge >= 0.3 is 0 Å². The number of nitrogens with one attached hydrogen (secondary N) is 2. The van der Waals surface area contributed by atoms with Crippen molar-refractivity contribution in [2.75, 3.05) is 5.32 Å². The summed E-state index contributed by atoms with van der Waals surface area (Å²) in [7, 11) is 1.89. The number of aryl methyl sites for hydroxylation is 1. The van der Waals surface area contributed by atoms with E-state index in [2.05, 4.69) is 53.8 Å². The molecule has 2 aliphatic heterocycles. The van der Waals surface area contributed by atoms with Gasteiger partial charge in [-0.1, -0.05) is 44.2 Å². The highest BCUT2D eigenvalue weighted by molar-refractivity contribution is 6.23. The molecule has 2 N–H and O–H groups in total. The molecule has 5 aromatic rings. The molecule has 2 aromatic heterocycles. The molecule has 3 aliphatic rings. The largest absolute Gasteiger partial charge is 0.490 e. The predicted octanol–water partition coefficient (Wildman–Crippen LogP) is 5.81. The Hall–Kier alpha value is -6.30. The molecule has 4 amide bonds. The monoisotopic (exact) mass is 724 g/mol. The molecular weight excluding hydrogens is 684 g/mol. The maximum atomic E-state index is 13.2. The molecule has 274 valence electrons. The zero-order valence-corrected chi connectivity index (χ0v) is 30.2. The number of carbonyl (C=O) groups is 4. The first-order chi connectivity index (χ1) is 26.0. The average molecular weight is 725 g/mol. The number of nitrogens with zero attached hydrogens (tertiary/aromatic N) is 4. The second-order valence-electron chi connectivity index (χ2n) is 14.6. The molecule has 0 bridgehead atoms. The number of ether oxygens (including phenoxy) is 2. The van der Waals surface area contributed by atoms with Crippen LogP contribution in [-0.2, 0) is 28.7 Å². The molecule has 0 spiro atoms. The number of aromatic nitrogens is 3. The number of rotatable bonds is 11. The minimum absolute atomic E-state index is 0.0441. The number of hydrogen-bond donors (Lipinski definition) is 2. The van der Waals surface area contributed by atoms with Crippen molar-refractivity contribution in [1.82, 2.24) is 25.0 Å². The Morgan fingerprint density at radius 2 is 1.57 bits per heavy atom. The summed E-state index contributed by atoms with van der Waals surface area (Å²) < 4.78 is 14.1. The van der Waals surface area contributed by atoms with Crippen molar-refractivity contribution in [2.45, 2.75) is 69.7 Å². The summed E-state index contributed by atoms with van der Waals surface area (Å²) in [5.41, 5.74) is 5.98. The Kier molecular flexibility index (Phi) is 8.96. The van der Waals surface area contributed by atoms with Gasteiger partial charge in [0.15, 0.2) is 0 Å². The zero-order chi connectivity index (χ0) is 37.6. The lowest BCUT2D eigenvalue weighted by Gasteiger charge is -2.36. The molecular formula is C42H40N6O6. The Bertz CT molecular complexity index is 2260. The maximum absolute atomic E-state index is 13.2. The summed E-state index contributed by atoms with van der Waals surface area (Å²) >= 11 is 0. The number of anilines is 1. The zero-order valence-electron chi connectivity index (χ0n) is 30.2. The molecule has 1 aliphatic carbocycles. The SMILES string of the molecule is Cn1cc(-c2cccc(COc3ccc(C(C)(C)c4ccc(O[C@H]5C[C@H](Nc6ccc7c(c6)C(=O)N(C6CCC(=O)NC6=O)C7=O)C5)cc4)cc3)n2)cn1. The van der Waals surface area contributed by atoms with Gasteiger partial charge in [-0.15, -0.1) is 0 Å². The second-order valence-corrected chi connectivity index (χ2v) is 14.6. The summed E-state index contributed by atoms with van der Waals surface area (Å²) in [6.45, 7) is 4.76. The number of piperidine rings is 1. The van der Waals surface area contributed by atoms with Gasteiger partial charge < -0.3 is 14.8 Å². The van der Waals surface area contributed by atoms with E-state index in [1.54, 1.807) is 29.1 Å². The van der Waals surface area contributed by atoms with Crippen LogP contribution in [-0.4, -0.2) is 61.5 Å². The van der Waals surface area contributed by atoms with Crippen LogP contribution in [0.3, 0.4) is 0 Å². The summed E-state index contributed by atoms with van der Waals surface area (Å²) in [5.74, 6) is -0.478. The Morgan fingerprint density at radius 3 is 2.26 bits per heavy atom. The Labute approximate surface area is 312 Å². The van der Waals surface area contributed by atoms with Gasteiger partial charge in [-0.05, 0) is 72.1 Å². The quantitative estimate of drug-likeness (QED) is 0.161. The predicted molar refractivity (Wildman–Crippen MR) is 200 cm³/mol. The molecule has 12 heteroatoms. The van der Waals surface area contributed by atoms with Crippen molar-refractivity contribution in [3.05, 3.63) is 125 Å². The first kappa shape index (κ1) is 34.8. The van der Waals surface area contributed by atoms with Crippen LogP contribution in [0.2, 0.25) is 0 Å². The van der Waals surface area contributed by atoms with Crippen LogP contribution in [0, 0.1) is 0 Å². The fourth-order valence-corrected chi connectivity index (χ4v) is 7.28. The lowest BCUT2D eigenvalue weighted by molar-refractivity contribution is -0.136. The van der Waals surface area contributed by atoms with Crippen molar-refractivity contribution in [1.29, 1.82) is 0 Å². The molecule has 12 nitrogen and oxygen atoms in total. The number of amides is 4. The average Bonchev–Trinajstić information content (AvgIpc) is 3.70. The summed E-state index contributed by atoms with van der Waals surface area (Å²) in [5, 5.41) is 9.90. The number of fused-ring (bicyclic) bond motifs is 1. The van der Waals surface area contributed by atoms with E-state index >= 15 is 0 Å². The van der Waals surface area contributed by atoms with Gasteiger partial charge in [0.25, 0.3) is 11.8 Å². The van der Waals surface area contributed by atoms with Gasteiger partial charge in [0.1, 0.15) is 30.3 Å². The van der Waals surface area contributed by atoms with E-state index in [4.69, 9.17) is 14.5 Å². The lowest BCUT2D eigenvalue weighted by atomic mass is 9.78.